The molecule has 0 bridgehead atoms. The number of benzene rings is 2. The number of carbonyl (C=O) groups is 3. The number of aromatic nitrogens is 1. The van der Waals surface area contributed by atoms with E-state index in [4.69, 9.17) is 9.47 Å². The quantitative estimate of drug-likeness (QED) is 0.152. The number of ether oxygens (including phenoxy) is 2. The van der Waals surface area contributed by atoms with Gasteiger partial charge in [0.05, 0.1) is 30.5 Å². The number of hydrogen-bond acceptors (Lipinski definition) is 8. The first-order chi connectivity index (χ1) is 18.6. The van der Waals surface area contributed by atoms with Crippen molar-refractivity contribution in [3.63, 3.8) is 0 Å². The average Bonchev–Trinajstić information content (AvgIpc) is 3.41. The Balaban J connectivity index is 1.85. The lowest BCUT2D eigenvalue weighted by atomic mass is 9.95. The minimum absolute atomic E-state index is 0.0614. The molecule has 1 atom stereocenters. The lowest BCUT2D eigenvalue weighted by Crippen LogP contribution is -2.29. The first-order valence-electron chi connectivity index (χ1n) is 12.9. The number of ketones is 1. The fraction of sp³-hybridized carbons (Fsp3) is 0.333. The van der Waals surface area contributed by atoms with Crippen LogP contribution in [-0.4, -0.2) is 41.0 Å². The molecule has 39 heavy (non-hydrogen) atoms. The van der Waals surface area contributed by atoms with Gasteiger partial charge in [-0.2, -0.15) is 0 Å². The zero-order chi connectivity index (χ0) is 28.3. The van der Waals surface area contributed by atoms with Gasteiger partial charge in [0.2, 0.25) is 0 Å². The summed E-state index contributed by atoms with van der Waals surface area (Å²) in [6.45, 7) is 10.2. The summed E-state index contributed by atoms with van der Waals surface area (Å²) in [4.78, 5) is 45.4. The molecule has 4 rings (SSSR count). The van der Waals surface area contributed by atoms with Crippen molar-refractivity contribution < 1.29 is 29.0 Å². The third kappa shape index (κ3) is 5.88. The van der Waals surface area contributed by atoms with E-state index in [0.717, 1.165) is 23.3 Å². The molecule has 1 aliphatic rings. The molecule has 3 aromatic rings. The molecular formula is C30H32N2O6S. The van der Waals surface area contributed by atoms with Crippen LogP contribution in [0.3, 0.4) is 0 Å². The number of rotatable bonds is 9. The van der Waals surface area contributed by atoms with Gasteiger partial charge in [-0.15, -0.1) is 0 Å². The number of Topliss-reactive ketones (excluding diaryl/α,β-unsaturated/α-hetero) is 1. The molecule has 1 saturated heterocycles. The predicted octanol–water partition coefficient (Wildman–Crippen LogP) is 5.99. The van der Waals surface area contributed by atoms with Gasteiger partial charge in [0.1, 0.15) is 16.4 Å². The normalized spacial score (nSPS) is 16.7. The highest BCUT2D eigenvalue weighted by Gasteiger charge is 2.48. The highest BCUT2D eigenvalue weighted by Crippen LogP contribution is 2.44. The van der Waals surface area contributed by atoms with E-state index in [0.29, 0.717) is 35.1 Å². The summed E-state index contributed by atoms with van der Waals surface area (Å²) in [6, 6.07) is 13.2. The van der Waals surface area contributed by atoms with Crippen molar-refractivity contribution in [1.82, 2.24) is 4.98 Å². The second-order valence-electron chi connectivity index (χ2n) is 9.77. The maximum Gasteiger partial charge on any atom is 0.350 e. The molecule has 1 unspecified atom stereocenters. The number of thiazole rings is 1. The molecule has 1 amide bonds. The standard InChI is InChI=1S/C30H32N2O6S/c1-6-37-29(36)27-19(5)31-30(39-27)32-24(21-8-7-9-22(16-21)38-15-14-17(2)3)23(26(34)28(32)35)25(33)20-12-10-18(4)11-13-20/h7-13,16-17,24,33H,6,14-15H2,1-5H3/b25-23+. The van der Waals surface area contributed by atoms with Gasteiger partial charge in [0.15, 0.2) is 5.13 Å². The number of carbonyl (C=O) groups excluding carboxylic acids is 3. The molecule has 2 aromatic carbocycles. The molecule has 9 heteroatoms. The van der Waals surface area contributed by atoms with Gasteiger partial charge < -0.3 is 14.6 Å². The van der Waals surface area contributed by atoms with E-state index < -0.39 is 23.7 Å². The number of nitrogens with zero attached hydrogens (tertiary/aromatic N) is 2. The molecule has 1 aliphatic heterocycles. The van der Waals surface area contributed by atoms with E-state index in [2.05, 4.69) is 18.8 Å². The molecule has 1 N–H and O–H groups in total. The number of aliphatic hydroxyl groups is 1. The number of aliphatic hydroxyl groups excluding tert-OH is 1. The Bertz CT molecular complexity index is 1420. The Morgan fingerprint density at radius 1 is 1.13 bits per heavy atom. The van der Waals surface area contributed by atoms with Crippen LogP contribution in [0, 0.1) is 19.8 Å². The summed E-state index contributed by atoms with van der Waals surface area (Å²) in [5, 5.41) is 11.5. The van der Waals surface area contributed by atoms with Crippen LogP contribution in [0.25, 0.3) is 5.76 Å². The van der Waals surface area contributed by atoms with Crippen molar-refractivity contribution in [2.24, 2.45) is 5.92 Å². The average molecular weight is 549 g/mol. The van der Waals surface area contributed by atoms with Crippen LogP contribution in [0.15, 0.2) is 54.1 Å². The third-order valence-corrected chi connectivity index (χ3v) is 7.50. The van der Waals surface area contributed by atoms with Gasteiger partial charge in [-0.25, -0.2) is 9.78 Å². The molecule has 1 fully saturated rings. The van der Waals surface area contributed by atoms with Crippen molar-refractivity contribution in [2.75, 3.05) is 18.1 Å². The van der Waals surface area contributed by atoms with Crippen LogP contribution >= 0.6 is 11.3 Å². The molecule has 0 spiro atoms. The van der Waals surface area contributed by atoms with E-state index >= 15 is 0 Å². The fourth-order valence-corrected chi connectivity index (χ4v) is 5.26. The minimum atomic E-state index is -0.986. The molecule has 0 radical (unpaired) electrons. The molecule has 0 aliphatic carbocycles. The second kappa shape index (κ2) is 11.8. The van der Waals surface area contributed by atoms with Gasteiger partial charge in [-0.3, -0.25) is 14.5 Å². The van der Waals surface area contributed by atoms with Crippen molar-refractivity contribution >= 4 is 39.9 Å². The largest absolute Gasteiger partial charge is 0.507 e. The number of hydrogen-bond donors (Lipinski definition) is 1. The van der Waals surface area contributed by atoms with Gasteiger partial charge in [0, 0.05) is 5.56 Å². The summed E-state index contributed by atoms with van der Waals surface area (Å²) >= 11 is 0.974. The molecule has 204 valence electrons. The van der Waals surface area contributed by atoms with Crippen LogP contribution in [0.5, 0.6) is 5.75 Å². The summed E-state index contributed by atoms with van der Waals surface area (Å²) in [6.07, 6.45) is 0.866. The van der Waals surface area contributed by atoms with E-state index in [1.54, 1.807) is 44.2 Å². The van der Waals surface area contributed by atoms with Crippen LogP contribution in [0.4, 0.5) is 5.13 Å². The third-order valence-electron chi connectivity index (χ3n) is 6.36. The van der Waals surface area contributed by atoms with Gasteiger partial charge >= 0.3 is 11.9 Å². The van der Waals surface area contributed by atoms with E-state index in [9.17, 15) is 19.5 Å². The second-order valence-corrected chi connectivity index (χ2v) is 10.7. The first-order valence-corrected chi connectivity index (χ1v) is 13.7. The maximum absolute atomic E-state index is 13.5. The monoisotopic (exact) mass is 548 g/mol. The van der Waals surface area contributed by atoms with Gasteiger partial charge in [-0.05, 0) is 50.8 Å². The van der Waals surface area contributed by atoms with Crippen molar-refractivity contribution in [1.29, 1.82) is 0 Å². The zero-order valence-corrected chi connectivity index (χ0v) is 23.5. The molecule has 8 nitrogen and oxygen atoms in total. The topological polar surface area (TPSA) is 106 Å². The summed E-state index contributed by atoms with van der Waals surface area (Å²) in [5.74, 6) is -1.47. The smallest absolute Gasteiger partial charge is 0.350 e. The van der Waals surface area contributed by atoms with E-state index in [1.165, 1.54) is 4.90 Å². The van der Waals surface area contributed by atoms with Crippen molar-refractivity contribution in [3.05, 3.63) is 81.4 Å². The number of aryl methyl sites for hydroxylation is 2. The molecule has 1 aromatic heterocycles. The highest BCUT2D eigenvalue weighted by atomic mass is 32.1. The first kappa shape index (κ1) is 28.0. The number of anilines is 1. The summed E-state index contributed by atoms with van der Waals surface area (Å²) in [7, 11) is 0. The maximum atomic E-state index is 13.5. The minimum Gasteiger partial charge on any atom is -0.507 e. The Morgan fingerprint density at radius 2 is 1.85 bits per heavy atom. The van der Waals surface area contributed by atoms with Crippen LogP contribution < -0.4 is 9.64 Å². The van der Waals surface area contributed by atoms with Gasteiger partial charge in [0.25, 0.3) is 5.78 Å². The summed E-state index contributed by atoms with van der Waals surface area (Å²) in [5.41, 5.74) is 2.29. The van der Waals surface area contributed by atoms with Crippen molar-refractivity contribution in [3.8, 4) is 5.75 Å². The Kier molecular flexibility index (Phi) is 8.50. The fourth-order valence-electron chi connectivity index (χ4n) is 4.27. The zero-order valence-electron chi connectivity index (χ0n) is 22.7. The molecule has 2 heterocycles. The lowest BCUT2D eigenvalue weighted by molar-refractivity contribution is -0.132. The SMILES string of the molecule is CCOC(=O)c1sc(N2C(=O)C(=O)/C(=C(/O)c3ccc(C)cc3)C2c2cccc(OCCC(C)C)c2)nc1C. The number of esters is 1. The van der Waals surface area contributed by atoms with Crippen LogP contribution in [0.2, 0.25) is 0 Å². The van der Waals surface area contributed by atoms with Crippen LogP contribution in [-0.2, 0) is 14.3 Å². The Hall–Kier alpha value is -3.98. The van der Waals surface area contributed by atoms with Gasteiger partial charge in [-0.1, -0.05) is 67.1 Å². The Morgan fingerprint density at radius 3 is 2.51 bits per heavy atom. The lowest BCUT2D eigenvalue weighted by Gasteiger charge is -2.23. The molecular weight excluding hydrogens is 516 g/mol. The van der Waals surface area contributed by atoms with Crippen LogP contribution in [0.1, 0.15) is 65.3 Å². The summed E-state index contributed by atoms with van der Waals surface area (Å²) < 4.78 is 11.1. The number of amides is 1. The van der Waals surface area contributed by atoms with E-state index in [1.807, 2.05) is 25.1 Å². The predicted molar refractivity (Wildman–Crippen MR) is 150 cm³/mol. The Labute approximate surface area is 231 Å². The highest BCUT2D eigenvalue weighted by molar-refractivity contribution is 7.17. The van der Waals surface area contributed by atoms with Crippen molar-refractivity contribution in [2.45, 2.75) is 47.1 Å². The molecule has 0 saturated carbocycles. The van der Waals surface area contributed by atoms with E-state index in [-0.39, 0.29) is 27.9 Å².